The number of anilines is 1. The summed E-state index contributed by atoms with van der Waals surface area (Å²) >= 11 is 13.3. The number of ether oxygens (including phenoxy) is 1. The van der Waals surface area contributed by atoms with Crippen LogP contribution in [0.2, 0.25) is 8.67 Å². The Balaban J connectivity index is 1.96. The van der Waals surface area contributed by atoms with Gasteiger partial charge in [-0.15, -0.1) is 11.3 Å². The molecule has 0 radical (unpaired) electrons. The molecule has 1 aliphatic heterocycles. The molecule has 0 spiro atoms. The molecule has 1 unspecified atom stereocenters. The van der Waals surface area contributed by atoms with Crippen LogP contribution < -0.4 is 15.8 Å². The Hall–Kier alpha value is -1.27. The highest BCUT2D eigenvalue weighted by atomic mass is 35.5. The number of hydrogen-bond donors (Lipinski definition) is 2. The second-order valence-corrected chi connectivity index (χ2v) is 6.64. The number of benzene rings is 1. The summed E-state index contributed by atoms with van der Waals surface area (Å²) in [6, 6.07) is 6.77. The minimum absolute atomic E-state index is 0.0321. The number of nitrogens with two attached hydrogens (primary N) is 1. The number of fused-ring (bicyclic) bond motifs is 1. The zero-order valence-corrected chi connectivity index (χ0v) is 12.5. The monoisotopic (exact) mass is 328 g/mol. The molecule has 0 saturated heterocycles. The van der Waals surface area contributed by atoms with Gasteiger partial charge in [-0.2, -0.15) is 0 Å². The van der Waals surface area contributed by atoms with E-state index in [4.69, 9.17) is 33.7 Å². The molecule has 0 fully saturated rings. The first-order valence-corrected chi connectivity index (χ1v) is 7.39. The van der Waals surface area contributed by atoms with Crippen LogP contribution in [0.15, 0.2) is 24.3 Å². The molecule has 3 rings (SSSR count). The van der Waals surface area contributed by atoms with Gasteiger partial charge in [-0.05, 0) is 23.8 Å². The lowest BCUT2D eigenvalue weighted by Gasteiger charge is -2.20. The minimum atomic E-state index is -0.407. The van der Waals surface area contributed by atoms with E-state index in [9.17, 15) is 4.79 Å². The highest BCUT2D eigenvalue weighted by Crippen LogP contribution is 2.38. The third-order valence-corrected chi connectivity index (χ3v) is 4.53. The number of nitrogens with one attached hydrogen (secondary N) is 1. The van der Waals surface area contributed by atoms with Gasteiger partial charge in [-0.3, -0.25) is 4.79 Å². The van der Waals surface area contributed by atoms with Crippen molar-refractivity contribution in [3.8, 4) is 5.75 Å². The number of amides is 1. The molecule has 2 aromatic rings. The van der Waals surface area contributed by atoms with E-state index >= 15 is 0 Å². The first-order valence-electron chi connectivity index (χ1n) is 5.81. The summed E-state index contributed by atoms with van der Waals surface area (Å²) in [5, 5.41) is 2.75. The average Bonchev–Trinajstić information content (AvgIpc) is 2.76. The number of carbonyl (C=O) groups is 1. The summed E-state index contributed by atoms with van der Waals surface area (Å²) in [6.45, 7) is 0.0321. The van der Waals surface area contributed by atoms with Crippen LogP contribution >= 0.6 is 34.5 Å². The summed E-state index contributed by atoms with van der Waals surface area (Å²) in [6.07, 6.45) is 0. The molecule has 0 saturated carbocycles. The predicted molar refractivity (Wildman–Crippen MR) is 80.9 cm³/mol. The van der Waals surface area contributed by atoms with Crippen LogP contribution in [0.3, 0.4) is 0 Å². The van der Waals surface area contributed by atoms with Gasteiger partial charge in [0.1, 0.15) is 5.75 Å². The van der Waals surface area contributed by atoms with Crippen molar-refractivity contribution in [3.63, 3.8) is 0 Å². The Kier molecular flexibility index (Phi) is 3.60. The molecule has 2 heterocycles. The molecule has 4 nitrogen and oxygen atoms in total. The van der Waals surface area contributed by atoms with Crippen LogP contribution in [-0.4, -0.2) is 12.5 Å². The SMILES string of the molecule is NC(c1ccc2c(c1)NC(=O)CO2)c1cc(Cl)sc1Cl. The van der Waals surface area contributed by atoms with Crippen molar-refractivity contribution in [1.82, 2.24) is 0 Å². The van der Waals surface area contributed by atoms with E-state index in [1.807, 2.05) is 6.07 Å². The lowest BCUT2D eigenvalue weighted by molar-refractivity contribution is -0.118. The van der Waals surface area contributed by atoms with Crippen LogP contribution in [0.4, 0.5) is 5.69 Å². The van der Waals surface area contributed by atoms with Gasteiger partial charge in [0, 0.05) is 5.56 Å². The summed E-state index contributed by atoms with van der Waals surface area (Å²) in [5.74, 6) is 0.454. The van der Waals surface area contributed by atoms with E-state index in [1.54, 1.807) is 18.2 Å². The van der Waals surface area contributed by atoms with Crippen molar-refractivity contribution in [1.29, 1.82) is 0 Å². The number of hydrogen-bond acceptors (Lipinski definition) is 4. The van der Waals surface area contributed by atoms with Crippen molar-refractivity contribution in [2.45, 2.75) is 6.04 Å². The maximum atomic E-state index is 11.3. The smallest absolute Gasteiger partial charge is 0.262 e. The lowest BCUT2D eigenvalue weighted by atomic mass is 10.0. The zero-order chi connectivity index (χ0) is 14.3. The van der Waals surface area contributed by atoms with Gasteiger partial charge in [0.15, 0.2) is 6.61 Å². The van der Waals surface area contributed by atoms with Gasteiger partial charge in [0.05, 0.1) is 20.4 Å². The van der Waals surface area contributed by atoms with Gasteiger partial charge in [0.25, 0.3) is 5.91 Å². The zero-order valence-electron chi connectivity index (χ0n) is 10.2. The second kappa shape index (κ2) is 5.26. The van der Waals surface area contributed by atoms with Gasteiger partial charge in [0.2, 0.25) is 0 Å². The molecule has 0 aliphatic carbocycles. The maximum absolute atomic E-state index is 11.3. The van der Waals surface area contributed by atoms with Crippen LogP contribution in [0.5, 0.6) is 5.75 Å². The summed E-state index contributed by atoms with van der Waals surface area (Å²) < 4.78 is 6.47. The molecule has 104 valence electrons. The summed E-state index contributed by atoms with van der Waals surface area (Å²) in [4.78, 5) is 11.3. The first kappa shape index (κ1) is 13.7. The molecule has 20 heavy (non-hydrogen) atoms. The molecule has 1 aliphatic rings. The fraction of sp³-hybridized carbons (Fsp3) is 0.154. The number of rotatable bonds is 2. The highest BCUT2D eigenvalue weighted by Gasteiger charge is 2.20. The molecule has 0 bridgehead atoms. The molecular formula is C13H10Cl2N2O2S. The Bertz CT molecular complexity index is 687. The van der Waals surface area contributed by atoms with Crippen LogP contribution in [0.25, 0.3) is 0 Å². The van der Waals surface area contributed by atoms with E-state index in [0.717, 1.165) is 11.1 Å². The van der Waals surface area contributed by atoms with Gasteiger partial charge < -0.3 is 15.8 Å². The number of carbonyl (C=O) groups excluding carboxylic acids is 1. The Morgan fingerprint density at radius 3 is 2.85 bits per heavy atom. The third kappa shape index (κ3) is 2.50. The number of halogens is 2. The van der Waals surface area contributed by atoms with E-state index < -0.39 is 6.04 Å². The first-order chi connectivity index (χ1) is 9.54. The second-order valence-electron chi connectivity index (χ2n) is 4.35. The van der Waals surface area contributed by atoms with E-state index in [1.165, 1.54) is 11.3 Å². The topological polar surface area (TPSA) is 64.3 Å². The van der Waals surface area contributed by atoms with Gasteiger partial charge in [-0.25, -0.2) is 0 Å². The van der Waals surface area contributed by atoms with Crippen LogP contribution in [0.1, 0.15) is 17.2 Å². The van der Waals surface area contributed by atoms with E-state index in [2.05, 4.69) is 5.32 Å². The average molecular weight is 329 g/mol. The van der Waals surface area contributed by atoms with Gasteiger partial charge in [-0.1, -0.05) is 29.3 Å². The van der Waals surface area contributed by atoms with Crippen molar-refractivity contribution in [2.75, 3.05) is 11.9 Å². The summed E-state index contributed by atoms with van der Waals surface area (Å²) in [5.41, 5.74) is 8.42. The molecule has 7 heteroatoms. The quantitative estimate of drug-likeness (QED) is 0.887. The maximum Gasteiger partial charge on any atom is 0.262 e. The van der Waals surface area contributed by atoms with Crippen molar-refractivity contribution < 1.29 is 9.53 Å². The van der Waals surface area contributed by atoms with E-state index in [-0.39, 0.29) is 12.5 Å². The number of thiophene rings is 1. The normalized spacial score (nSPS) is 15.2. The minimum Gasteiger partial charge on any atom is -0.482 e. The highest BCUT2D eigenvalue weighted by molar-refractivity contribution is 7.20. The summed E-state index contributed by atoms with van der Waals surface area (Å²) in [7, 11) is 0. The largest absolute Gasteiger partial charge is 0.482 e. The fourth-order valence-electron chi connectivity index (χ4n) is 2.04. The van der Waals surface area contributed by atoms with Crippen LogP contribution in [0, 0.1) is 0 Å². The molecule has 1 amide bonds. The molecule has 1 aromatic heterocycles. The Labute approximate surface area is 129 Å². The standard InChI is InChI=1S/C13H10Cl2N2O2S/c14-10-4-7(13(15)20-10)12(16)6-1-2-9-8(3-6)17-11(18)5-19-9/h1-4,12H,5,16H2,(H,17,18). The van der Waals surface area contributed by atoms with Crippen molar-refractivity contribution in [2.24, 2.45) is 5.73 Å². The lowest BCUT2D eigenvalue weighted by Crippen LogP contribution is -2.25. The molecule has 1 aromatic carbocycles. The Morgan fingerprint density at radius 2 is 2.15 bits per heavy atom. The van der Waals surface area contributed by atoms with Crippen LogP contribution in [-0.2, 0) is 4.79 Å². The van der Waals surface area contributed by atoms with Crippen molar-refractivity contribution in [3.05, 3.63) is 44.1 Å². The molecular weight excluding hydrogens is 319 g/mol. The predicted octanol–water partition coefficient (Wildman–Crippen LogP) is 3.43. The molecule has 3 N–H and O–H groups in total. The fourth-order valence-corrected chi connectivity index (χ4v) is 3.59. The third-order valence-electron chi connectivity index (χ3n) is 3.01. The van der Waals surface area contributed by atoms with Gasteiger partial charge >= 0.3 is 0 Å². The van der Waals surface area contributed by atoms with E-state index in [0.29, 0.717) is 20.1 Å². The Morgan fingerprint density at radius 1 is 1.35 bits per heavy atom. The van der Waals surface area contributed by atoms with Crippen molar-refractivity contribution >= 4 is 46.1 Å². The molecule has 1 atom stereocenters.